The van der Waals surface area contributed by atoms with Crippen molar-refractivity contribution in [2.45, 2.75) is 38.6 Å². The van der Waals surface area contributed by atoms with Gasteiger partial charge in [0.25, 0.3) is 0 Å². The summed E-state index contributed by atoms with van der Waals surface area (Å²) in [7, 11) is 0. The predicted molar refractivity (Wildman–Crippen MR) is 72.3 cm³/mol. The van der Waals surface area contributed by atoms with Gasteiger partial charge >= 0.3 is 0 Å². The Labute approximate surface area is 109 Å². The molecule has 1 fully saturated rings. The summed E-state index contributed by atoms with van der Waals surface area (Å²) in [4.78, 5) is 4.40. The number of aliphatic imine (C=N–C) groups is 1. The highest BCUT2D eigenvalue weighted by Crippen LogP contribution is 2.19. The molecule has 0 radical (unpaired) electrons. The zero-order valence-electron chi connectivity index (χ0n) is 11.5. The van der Waals surface area contributed by atoms with Crippen molar-refractivity contribution < 1.29 is 9.47 Å². The van der Waals surface area contributed by atoms with Crippen molar-refractivity contribution >= 4 is 5.96 Å². The summed E-state index contributed by atoms with van der Waals surface area (Å²) < 4.78 is 10.6. The van der Waals surface area contributed by atoms with Crippen LogP contribution in [0.5, 0.6) is 0 Å². The van der Waals surface area contributed by atoms with Gasteiger partial charge in [0.15, 0.2) is 0 Å². The molecular weight excluding hydrogens is 232 g/mol. The van der Waals surface area contributed by atoms with Crippen LogP contribution in [0.3, 0.4) is 0 Å². The van der Waals surface area contributed by atoms with Gasteiger partial charge in [-0.15, -0.1) is 0 Å². The van der Waals surface area contributed by atoms with Gasteiger partial charge in [-0.1, -0.05) is 0 Å². The standard InChI is InChI=1S/C12H26N4O2/c1-3-17-8-4-7-14-11(16-13)15-12(2)5-9-18-10-6-12/h3-10,13H2,1-2H3,(H2,14,15,16). The lowest BCUT2D eigenvalue weighted by atomic mass is 9.93. The van der Waals surface area contributed by atoms with Crippen LogP contribution in [0.25, 0.3) is 0 Å². The first-order valence-corrected chi connectivity index (χ1v) is 6.65. The van der Waals surface area contributed by atoms with E-state index < -0.39 is 0 Å². The number of rotatable bonds is 6. The molecule has 1 saturated heterocycles. The summed E-state index contributed by atoms with van der Waals surface area (Å²) in [6.45, 7) is 7.92. The zero-order chi connectivity index (χ0) is 13.3. The van der Waals surface area contributed by atoms with E-state index in [1.807, 2.05) is 6.92 Å². The molecule has 4 N–H and O–H groups in total. The minimum absolute atomic E-state index is 0.0172. The molecule has 0 atom stereocenters. The summed E-state index contributed by atoms with van der Waals surface area (Å²) in [6.07, 6.45) is 2.83. The molecule has 106 valence electrons. The maximum absolute atomic E-state index is 5.48. The second-order valence-electron chi connectivity index (χ2n) is 4.72. The van der Waals surface area contributed by atoms with Crippen molar-refractivity contribution in [3.8, 4) is 0 Å². The van der Waals surface area contributed by atoms with Crippen molar-refractivity contribution in [1.82, 2.24) is 10.7 Å². The number of nitrogens with one attached hydrogen (secondary N) is 2. The molecule has 0 aromatic carbocycles. The fraction of sp³-hybridized carbons (Fsp3) is 0.917. The fourth-order valence-corrected chi connectivity index (χ4v) is 1.86. The third-order valence-electron chi connectivity index (χ3n) is 3.07. The van der Waals surface area contributed by atoms with E-state index in [0.717, 1.165) is 45.7 Å². The molecule has 6 nitrogen and oxygen atoms in total. The first-order chi connectivity index (χ1) is 8.70. The quantitative estimate of drug-likeness (QED) is 0.211. The van der Waals surface area contributed by atoms with Crippen LogP contribution in [0.4, 0.5) is 0 Å². The lowest BCUT2D eigenvalue weighted by molar-refractivity contribution is 0.0521. The lowest BCUT2D eigenvalue weighted by Crippen LogP contribution is -2.55. The molecule has 0 spiro atoms. The molecule has 1 aliphatic heterocycles. The van der Waals surface area contributed by atoms with Gasteiger partial charge in [-0.3, -0.25) is 10.4 Å². The number of ether oxygens (including phenoxy) is 2. The average molecular weight is 258 g/mol. The molecule has 0 aromatic rings. The summed E-state index contributed by atoms with van der Waals surface area (Å²) in [5.41, 5.74) is 2.64. The van der Waals surface area contributed by atoms with E-state index in [2.05, 4.69) is 22.7 Å². The Hall–Kier alpha value is -0.850. The summed E-state index contributed by atoms with van der Waals surface area (Å²) >= 11 is 0. The highest BCUT2D eigenvalue weighted by Gasteiger charge is 2.27. The van der Waals surface area contributed by atoms with E-state index in [9.17, 15) is 0 Å². The van der Waals surface area contributed by atoms with E-state index in [1.165, 1.54) is 0 Å². The van der Waals surface area contributed by atoms with Crippen LogP contribution >= 0.6 is 0 Å². The highest BCUT2D eigenvalue weighted by atomic mass is 16.5. The smallest absolute Gasteiger partial charge is 0.206 e. The Morgan fingerprint density at radius 2 is 2.17 bits per heavy atom. The molecule has 0 amide bonds. The summed E-state index contributed by atoms with van der Waals surface area (Å²) in [5.74, 6) is 6.13. The third-order valence-corrected chi connectivity index (χ3v) is 3.07. The Balaban J connectivity index is 2.33. The molecule has 1 heterocycles. The predicted octanol–water partition coefficient (Wildman–Crippen LogP) is 0.391. The molecule has 6 heteroatoms. The minimum Gasteiger partial charge on any atom is -0.382 e. The largest absolute Gasteiger partial charge is 0.382 e. The SMILES string of the molecule is CCOCCCN=C(NN)NC1(C)CCOCC1. The Morgan fingerprint density at radius 3 is 2.78 bits per heavy atom. The van der Waals surface area contributed by atoms with Gasteiger partial charge in [0, 0.05) is 38.5 Å². The van der Waals surface area contributed by atoms with E-state index in [4.69, 9.17) is 15.3 Å². The number of hydrogen-bond donors (Lipinski definition) is 3. The van der Waals surface area contributed by atoms with Crippen LogP contribution in [0.1, 0.15) is 33.1 Å². The van der Waals surface area contributed by atoms with Crippen LogP contribution in [-0.4, -0.2) is 44.5 Å². The van der Waals surface area contributed by atoms with Gasteiger partial charge in [-0.25, -0.2) is 5.84 Å². The van der Waals surface area contributed by atoms with E-state index in [1.54, 1.807) is 0 Å². The molecule has 0 aliphatic carbocycles. The van der Waals surface area contributed by atoms with E-state index in [0.29, 0.717) is 12.5 Å². The Morgan fingerprint density at radius 1 is 1.44 bits per heavy atom. The molecule has 0 aromatic heterocycles. The second-order valence-corrected chi connectivity index (χ2v) is 4.72. The Bertz CT molecular complexity index is 252. The molecule has 0 unspecified atom stereocenters. The highest BCUT2D eigenvalue weighted by molar-refractivity contribution is 5.79. The lowest BCUT2D eigenvalue weighted by Gasteiger charge is -2.35. The van der Waals surface area contributed by atoms with Gasteiger partial charge in [-0.05, 0) is 33.1 Å². The normalized spacial score (nSPS) is 19.6. The molecule has 1 aliphatic rings. The van der Waals surface area contributed by atoms with Crippen LogP contribution in [0.15, 0.2) is 4.99 Å². The van der Waals surface area contributed by atoms with Crippen molar-refractivity contribution in [1.29, 1.82) is 0 Å². The van der Waals surface area contributed by atoms with Gasteiger partial charge in [0.05, 0.1) is 0 Å². The van der Waals surface area contributed by atoms with Crippen molar-refractivity contribution in [2.75, 3.05) is 33.0 Å². The Kier molecular flexibility index (Phi) is 7.00. The van der Waals surface area contributed by atoms with Gasteiger partial charge in [0.2, 0.25) is 5.96 Å². The van der Waals surface area contributed by atoms with Crippen LogP contribution < -0.4 is 16.6 Å². The minimum atomic E-state index is 0.0172. The maximum atomic E-state index is 5.48. The molecule has 1 rings (SSSR count). The topological polar surface area (TPSA) is 80.9 Å². The summed E-state index contributed by atoms with van der Waals surface area (Å²) in [6, 6.07) is 0. The monoisotopic (exact) mass is 258 g/mol. The molecule has 18 heavy (non-hydrogen) atoms. The first kappa shape index (κ1) is 15.2. The van der Waals surface area contributed by atoms with Gasteiger partial charge in [-0.2, -0.15) is 0 Å². The first-order valence-electron chi connectivity index (χ1n) is 6.65. The van der Waals surface area contributed by atoms with E-state index in [-0.39, 0.29) is 5.54 Å². The van der Waals surface area contributed by atoms with Gasteiger partial charge in [0.1, 0.15) is 0 Å². The third kappa shape index (κ3) is 5.66. The summed E-state index contributed by atoms with van der Waals surface area (Å²) in [5, 5.41) is 3.37. The average Bonchev–Trinajstić information content (AvgIpc) is 2.38. The van der Waals surface area contributed by atoms with E-state index >= 15 is 0 Å². The molecule has 0 saturated carbocycles. The van der Waals surface area contributed by atoms with Crippen molar-refractivity contribution in [3.63, 3.8) is 0 Å². The molecular formula is C12H26N4O2. The molecule has 0 bridgehead atoms. The van der Waals surface area contributed by atoms with Gasteiger partial charge < -0.3 is 14.8 Å². The van der Waals surface area contributed by atoms with Crippen molar-refractivity contribution in [2.24, 2.45) is 10.8 Å². The second kappa shape index (κ2) is 8.29. The fourth-order valence-electron chi connectivity index (χ4n) is 1.86. The zero-order valence-corrected chi connectivity index (χ0v) is 11.5. The number of hydrogen-bond acceptors (Lipinski definition) is 4. The number of hydrazine groups is 1. The van der Waals surface area contributed by atoms with Crippen LogP contribution in [0.2, 0.25) is 0 Å². The number of guanidine groups is 1. The van der Waals surface area contributed by atoms with Crippen LogP contribution in [-0.2, 0) is 9.47 Å². The number of nitrogens with two attached hydrogens (primary N) is 1. The number of nitrogens with zero attached hydrogens (tertiary/aromatic N) is 1. The van der Waals surface area contributed by atoms with Crippen molar-refractivity contribution in [3.05, 3.63) is 0 Å². The maximum Gasteiger partial charge on any atom is 0.206 e. The van der Waals surface area contributed by atoms with Crippen LogP contribution in [0, 0.1) is 0 Å².